The summed E-state index contributed by atoms with van der Waals surface area (Å²) < 4.78 is 5.16. The molecule has 5 heteroatoms. The molecule has 0 atom stereocenters. The molecule has 0 unspecified atom stereocenters. The number of unbranched alkanes of at least 4 members (excludes halogenated alkanes) is 1. The summed E-state index contributed by atoms with van der Waals surface area (Å²) in [7, 11) is 3.83. The number of fused-ring (bicyclic) bond motifs is 1. The maximum absolute atomic E-state index is 12.2. The fourth-order valence-corrected chi connectivity index (χ4v) is 2.30. The Labute approximate surface area is 135 Å². The van der Waals surface area contributed by atoms with Gasteiger partial charge in [-0.05, 0) is 41.5 Å². The second-order valence-corrected chi connectivity index (χ2v) is 5.62. The molecule has 23 heavy (non-hydrogen) atoms. The number of benzene rings is 2. The van der Waals surface area contributed by atoms with E-state index in [0.29, 0.717) is 6.61 Å². The van der Waals surface area contributed by atoms with Crippen molar-refractivity contribution >= 4 is 28.4 Å². The summed E-state index contributed by atoms with van der Waals surface area (Å²) >= 11 is 0. The standard InChI is InChI=1S/C18H21NO4/c1-4-5-8-23-18(22)16-10-12-6-7-14(19(2)3)9-13(12)11-15(16)17(20)21/h6-7,9-11H,4-5,8H2,1-3H3,(H,20,21). The van der Waals surface area contributed by atoms with Crippen LogP contribution in [-0.2, 0) is 4.74 Å². The highest BCUT2D eigenvalue weighted by Crippen LogP contribution is 2.25. The average Bonchev–Trinajstić information content (AvgIpc) is 2.52. The van der Waals surface area contributed by atoms with Crippen LogP contribution >= 0.6 is 0 Å². The predicted molar refractivity (Wildman–Crippen MR) is 90.4 cm³/mol. The zero-order valence-electron chi connectivity index (χ0n) is 13.6. The maximum Gasteiger partial charge on any atom is 0.339 e. The molecule has 0 saturated heterocycles. The lowest BCUT2D eigenvalue weighted by atomic mass is 10.00. The minimum absolute atomic E-state index is 0.0325. The average molecular weight is 315 g/mol. The van der Waals surface area contributed by atoms with E-state index in [9.17, 15) is 14.7 Å². The van der Waals surface area contributed by atoms with E-state index in [2.05, 4.69) is 0 Å². The molecule has 0 bridgehead atoms. The number of aromatic carboxylic acids is 1. The van der Waals surface area contributed by atoms with Crippen LogP contribution in [0.25, 0.3) is 10.8 Å². The van der Waals surface area contributed by atoms with Crippen LogP contribution in [0.4, 0.5) is 5.69 Å². The third-order valence-electron chi connectivity index (χ3n) is 3.66. The topological polar surface area (TPSA) is 66.8 Å². The molecule has 0 saturated carbocycles. The van der Waals surface area contributed by atoms with Crippen molar-refractivity contribution in [3.63, 3.8) is 0 Å². The monoisotopic (exact) mass is 315 g/mol. The molecule has 0 radical (unpaired) electrons. The van der Waals surface area contributed by atoms with E-state index in [4.69, 9.17) is 4.74 Å². The fourth-order valence-electron chi connectivity index (χ4n) is 2.30. The van der Waals surface area contributed by atoms with Crippen LogP contribution in [0, 0.1) is 0 Å². The first-order valence-electron chi connectivity index (χ1n) is 7.59. The number of esters is 1. The van der Waals surface area contributed by atoms with Gasteiger partial charge in [0.05, 0.1) is 17.7 Å². The Morgan fingerprint density at radius 3 is 2.39 bits per heavy atom. The van der Waals surface area contributed by atoms with Gasteiger partial charge in [-0.3, -0.25) is 0 Å². The molecule has 0 aliphatic carbocycles. The van der Waals surface area contributed by atoms with Gasteiger partial charge in [-0.15, -0.1) is 0 Å². The normalized spacial score (nSPS) is 10.6. The maximum atomic E-state index is 12.2. The molecule has 0 aliphatic heterocycles. The fraction of sp³-hybridized carbons (Fsp3) is 0.333. The smallest absolute Gasteiger partial charge is 0.339 e. The summed E-state index contributed by atoms with van der Waals surface area (Å²) in [4.78, 5) is 25.6. The Morgan fingerprint density at radius 1 is 1.09 bits per heavy atom. The summed E-state index contributed by atoms with van der Waals surface area (Å²) in [6.07, 6.45) is 1.66. The summed E-state index contributed by atoms with van der Waals surface area (Å²) in [5, 5.41) is 11.0. The number of carboxylic acid groups (broad SMARTS) is 1. The lowest BCUT2D eigenvalue weighted by Gasteiger charge is -2.14. The highest BCUT2D eigenvalue weighted by molar-refractivity contribution is 6.07. The Hall–Kier alpha value is -2.56. The molecular weight excluding hydrogens is 294 g/mol. The van der Waals surface area contributed by atoms with Gasteiger partial charge in [0, 0.05) is 19.8 Å². The quantitative estimate of drug-likeness (QED) is 0.652. The van der Waals surface area contributed by atoms with Gasteiger partial charge in [0.25, 0.3) is 0 Å². The second kappa shape index (κ2) is 7.13. The van der Waals surface area contributed by atoms with Crippen molar-refractivity contribution < 1.29 is 19.4 Å². The predicted octanol–water partition coefficient (Wildman–Crippen LogP) is 3.56. The van der Waals surface area contributed by atoms with Crippen molar-refractivity contribution in [2.75, 3.05) is 25.6 Å². The second-order valence-electron chi connectivity index (χ2n) is 5.62. The van der Waals surface area contributed by atoms with Gasteiger partial charge in [-0.1, -0.05) is 19.4 Å². The molecule has 2 aromatic carbocycles. The summed E-state index contributed by atoms with van der Waals surface area (Å²) in [5.41, 5.74) is 1.03. The molecular formula is C18H21NO4. The van der Waals surface area contributed by atoms with Crippen LogP contribution in [0.3, 0.4) is 0 Å². The van der Waals surface area contributed by atoms with Gasteiger partial charge in [-0.25, -0.2) is 9.59 Å². The summed E-state index contributed by atoms with van der Waals surface area (Å²) in [5.74, 6) is -1.72. The Bertz CT molecular complexity index is 737. The van der Waals surface area contributed by atoms with Gasteiger partial charge in [0.15, 0.2) is 0 Å². The zero-order valence-corrected chi connectivity index (χ0v) is 13.6. The van der Waals surface area contributed by atoms with Crippen molar-refractivity contribution in [3.8, 4) is 0 Å². The van der Waals surface area contributed by atoms with E-state index >= 15 is 0 Å². The van der Waals surface area contributed by atoms with E-state index in [0.717, 1.165) is 29.3 Å². The van der Waals surface area contributed by atoms with Gasteiger partial charge < -0.3 is 14.7 Å². The number of carbonyl (C=O) groups is 2. The number of hydrogen-bond donors (Lipinski definition) is 1. The molecule has 2 aromatic rings. The highest BCUT2D eigenvalue weighted by Gasteiger charge is 2.19. The molecule has 0 spiro atoms. The minimum atomic E-state index is -1.13. The Kier molecular flexibility index (Phi) is 5.21. The largest absolute Gasteiger partial charge is 0.478 e. The van der Waals surface area contributed by atoms with Crippen LogP contribution in [-0.4, -0.2) is 37.7 Å². The molecule has 0 fully saturated rings. The van der Waals surface area contributed by atoms with Gasteiger partial charge in [-0.2, -0.15) is 0 Å². The number of carbonyl (C=O) groups excluding carboxylic acids is 1. The highest BCUT2D eigenvalue weighted by atomic mass is 16.5. The van der Waals surface area contributed by atoms with E-state index in [1.807, 2.05) is 44.1 Å². The van der Waals surface area contributed by atoms with Crippen molar-refractivity contribution in [2.24, 2.45) is 0 Å². The zero-order chi connectivity index (χ0) is 17.0. The van der Waals surface area contributed by atoms with Crippen molar-refractivity contribution in [3.05, 3.63) is 41.5 Å². The number of hydrogen-bond acceptors (Lipinski definition) is 4. The Morgan fingerprint density at radius 2 is 1.78 bits per heavy atom. The number of rotatable bonds is 6. The van der Waals surface area contributed by atoms with E-state index in [1.165, 1.54) is 6.07 Å². The van der Waals surface area contributed by atoms with Crippen molar-refractivity contribution in [1.82, 2.24) is 0 Å². The molecule has 5 nitrogen and oxygen atoms in total. The van der Waals surface area contributed by atoms with E-state index < -0.39 is 11.9 Å². The number of nitrogens with zero attached hydrogens (tertiary/aromatic N) is 1. The minimum Gasteiger partial charge on any atom is -0.478 e. The van der Waals surface area contributed by atoms with Crippen LogP contribution < -0.4 is 4.90 Å². The summed E-state index contributed by atoms with van der Waals surface area (Å²) in [6, 6.07) is 8.82. The SMILES string of the molecule is CCCCOC(=O)c1cc2ccc(N(C)C)cc2cc1C(=O)O. The van der Waals surface area contributed by atoms with Crippen LogP contribution in [0.15, 0.2) is 30.3 Å². The van der Waals surface area contributed by atoms with Crippen LogP contribution in [0.5, 0.6) is 0 Å². The van der Waals surface area contributed by atoms with Gasteiger partial charge in [0.1, 0.15) is 0 Å². The molecule has 0 aromatic heterocycles. The molecule has 0 heterocycles. The summed E-state index contributed by atoms with van der Waals surface area (Å²) in [6.45, 7) is 2.29. The molecule has 0 aliphatic rings. The molecule has 1 N–H and O–H groups in total. The van der Waals surface area contributed by atoms with Crippen LogP contribution in [0.1, 0.15) is 40.5 Å². The van der Waals surface area contributed by atoms with Gasteiger partial charge >= 0.3 is 11.9 Å². The lowest BCUT2D eigenvalue weighted by Crippen LogP contribution is -2.13. The third kappa shape index (κ3) is 3.80. The molecule has 122 valence electrons. The number of anilines is 1. The van der Waals surface area contributed by atoms with E-state index in [1.54, 1.807) is 6.07 Å². The first-order valence-corrected chi connectivity index (χ1v) is 7.59. The third-order valence-corrected chi connectivity index (χ3v) is 3.66. The number of ether oxygens (including phenoxy) is 1. The first-order chi connectivity index (χ1) is 10.9. The lowest BCUT2D eigenvalue weighted by molar-refractivity contribution is 0.0489. The van der Waals surface area contributed by atoms with Crippen LogP contribution in [0.2, 0.25) is 0 Å². The van der Waals surface area contributed by atoms with Crippen molar-refractivity contribution in [1.29, 1.82) is 0 Å². The van der Waals surface area contributed by atoms with E-state index in [-0.39, 0.29) is 11.1 Å². The van der Waals surface area contributed by atoms with Gasteiger partial charge in [0.2, 0.25) is 0 Å². The molecule has 2 rings (SSSR count). The molecule has 0 amide bonds. The Balaban J connectivity index is 2.47. The first kappa shape index (κ1) is 16.8. The number of carboxylic acids is 1. The van der Waals surface area contributed by atoms with Crippen molar-refractivity contribution in [2.45, 2.75) is 19.8 Å².